The van der Waals surface area contributed by atoms with Crippen LogP contribution < -0.4 is 0 Å². The van der Waals surface area contributed by atoms with E-state index in [0.717, 1.165) is 44.5 Å². The van der Waals surface area contributed by atoms with Crippen molar-refractivity contribution in [3.8, 4) is 28.2 Å². The van der Waals surface area contributed by atoms with Gasteiger partial charge in [-0.1, -0.05) is 140 Å². The molecule has 0 N–H and O–H groups in total. The SMILES string of the molecule is c1ccc(-c2nc3c(ccc4c(-c5ccccc5)cccc43)nc2-n2c3cccc4c5cccc6c7ccccc7n(c7cccc2c7c43)c56)cc1. The lowest BCUT2D eigenvalue weighted by atomic mass is 9.97. The van der Waals surface area contributed by atoms with Crippen molar-refractivity contribution in [1.29, 1.82) is 0 Å². The van der Waals surface area contributed by atoms with E-state index < -0.39 is 0 Å². The predicted octanol–water partition coefficient (Wildman–Crippen LogP) is 12.4. The molecule has 0 amide bonds. The number of fused-ring (bicyclic) bond motifs is 8. The van der Waals surface area contributed by atoms with Gasteiger partial charge in [-0.05, 0) is 52.2 Å². The molecule has 0 radical (unpaired) electrons. The Hall–Kier alpha value is -7.04. The van der Waals surface area contributed by atoms with Crippen LogP contribution in [0.15, 0.2) is 170 Å². The number of hydrogen-bond acceptors (Lipinski definition) is 2. The first kappa shape index (κ1) is 27.7. The molecule has 4 nitrogen and oxygen atoms in total. The van der Waals surface area contributed by atoms with Gasteiger partial charge in [0.05, 0.1) is 38.6 Å². The highest BCUT2D eigenvalue weighted by Crippen LogP contribution is 2.45. The molecule has 52 heavy (non-hydrogen) atoms. The first-order valence-electron chi connectivity index (χ1n) is 17.8. The fourth-order valence-corrected chi connectivity index (χ4v) is 8.90. The topological polar surface area (TPSA) is 35.1 Å². The molecule has 8 aromatic carbocycles. The van der Waals surface area contributed by atoms with Crippen molar-refractivity contribution in [2.24, 2.45) is 0 Å². The Labute approximate surface area is 297 Å². The third-order valence-corrected chi connectivity index (χ3v) is 11.0. The molecule has 12 rings (SSSR count). The Kier molecular flexibility index (Phi) is 5.47. The molecule has 4 heterocycles. The third-order valence-electron chi connectivity index (χ3n) is 11.0. The molecular weight excluding hydrogens is 633 g/mol. The van der Waals surface area contributed by atoms with Crippen molar-refractivity contribution in [1.82, 2.24) is 18.9 Å². The Morgan fingerprint density at radius 3 is 1.81 bits per heavy atom. The quantitative estimate of drug-likeness (QED) is 0.177. The summed E-state index contributed by atoms with van der Waals surface area (Å²) in [6, 6.07) is 60.9. The van der Waals surface area contributed by atoms with Crippen LogP contribution in [0.2, 0.25) is 0 Å². The second kappa shape index (κ2) is 10.3. The molecule has 4 aromatic heterocycles. The van der Waals surface area contributed by atoms with Crippen LogP contribution in [0.3, 0.4) is 0 Å². The smallest absolute Gasteiger partial charge is 0.165 e. The fraction of sp³-hybridized carbons (Fsp3) is 0. The second-order valence-electron chi connectivity index (χ2n) is 13.7. The van der Waals surface area contributed by atoms with Gasteiger partial charge in [0.1, 0.15) is 5.69 Å². The third kappa shape index (κ3) is 3.60. The zero-order valence-electron chi connectivity index (χ0n) is 28.0. The van der Waals surface area contributed by atoms with Crippen molar-refractivity contribution in [2.45, 2.75) is 0 Å². The highest BCUT2D eigenvalue weighted by molar-refractivity contribution is 6.31. The summed E-state index contributed by atoms with van der Waals surface area (Å²) in [5, 5.41) is 9.73. The Morgan fingerprint density at radius 2 is 0.962 bits per heavy atom. The zero-order chi connectivity index (χ0) is 33.9. The fourth-order valence-electron chi connectivity index (χ4n) is 8.90. The molecule has 0 fully saturated rings. The van der Waals surface area contributed by atoms with E-state index in [2.05, 4.69) is 179 Å². The average Bonchev–Trinajstić information content (AvgIpc) is 3.69. The minimum absolute atomic E-state index is 0.822. The molecule has 0 aliphatic heterocycles. The molecule has 0 spiro atoms. The zero-order valence-corrected chi connectivity index (χ0v) is 28.0. The van der Waals surface area contributed by atoms with Crippen LogP contribution in [0, 0.1) is 0 Å². The second-order valence-corrected chi connectivity index (χ2v) is 13.7. The summed E-state index contributed by atoms with van der Waals surface area (Å²) in [5.74, 6) is 0.822. The van der Waals surface area contributed by atoms with Crippen molar-refractivity contribution in [2.75, 3.05) is 0 Å². The van der Waals surface area contributed by atoms with Gasteiger partial charge in [0.2, 0.25) is 0 Å². The van der Waals surface area contributed by atoms with E-state index in [-0.39, 0.29) is 0 Å². The van der Waals surface area contributed by atoms with Gasteiger partial charge in [-0.3, -0.25) is 4.57 Å². The molecular formula is C48H28N4. The Bertz CT molecular complexity index is 3390. The number of hydrogen-bond donors (Lipinski definition) is 0. The summed E-state index contributed by atoms with van der Waals surface area (Å²) in [6.07, 6.45) is 0. The minimum atomic E-state index is 0.822. The molecule has 0 saturated heterocycles. The first-order chi connectivity index (χ1) is 25.8. The van der Waals surface area contributed by atoms with Crippen LogP contribution in [-0.4, -0.2) is 18.9 Å². The molecule has 0 atom stereocenters. The van der Waals surface area contributed by atoms with E-state index in [1.807, 2.05) is 0 Å². The molecule has 0 unspecified atom stereocenters. The lowest BCUT2D eigenvalue weighted by Gasteiger charge is -2.15. The van der Waals surface area contributed by atoms with Crippen LogP contribution >= 0.6 is 0 Å². The summed E-state index contributed by atoms with van der Waals surface area (Å²) >= 11 is 0. The maximum absolute atomic E-state index is 5.57. The number of rotatable bonds is 3. The van der Waals surface area contributed by atoms with Crippen molar-refractivity contribution in [3.63, 3.8) is 0 Å². The lowest BCUT2D eigenvalue weighted by Crippen LogP contribution is -2.04. The van der Waals surface area contributed by atoms with Crippen LogP contribution in [0.25, 0.3) is 110 Å². The number of benzene rings is 8. The van der Waals surface area contributed by atoms with Gasteiger partial charge < -0.3 is 4.40 Å². The van der Waals surface area contributed by atoms with Gasteiger partial charge in [-0.15, -0.1) is 0 Å². The van der Waals surface area contributed by atoms with Gasteiger partial charge in [-0.2, -0.15) is 0 Å². The van der Waals surface area contributed by atoms with Crippen LogP contribution in [0.5, 0.6) is 0 Å². The van der Waals surface area contributed by atoms with Gasteiger partial charge in [0, 0.05) is 37.9 Å². The standard InChI is InChI=1S/C48H28N4/c1-3-13-29(14-4-1)31-18-9-20-35-32(31)27-28-38-46(35)50-45(30-15-5-2-6-16-30)48(49-38)52-40-24-11-19-34-37-22-10-21-36-33-17-7-8-23-39(33)51(47(36)37)41-25-12-26-42(52)44(41)43(34)40/h1-28H. The van der Waals surface area contributed by atoms with E-state index >= 15 is 0 Å². The molecule has 0 bridgehead atoms. The summed E-state index contributed by atoms with van der Waals surface area (Å²) in [5.41, 5.74) is 11.9. The minimum Gasteiger partial charge on any atom is -0.308 e. The van der Waals surface area contributed by atoms with Crippen molar-refractivity contribution >= 4 is 81.7 Å². The molecule has 0 aliphatic rings. The van der Waals surface area contributed by atoms with Crippen molar-refractivity contribution in [3.05, 3.63) is 170 Å². The summed E-state index contributed by atoms with van der Waals surface area (Å²) < 4.78 is 4.83. The van der Waals surface area contributed by atoms with E-state index in [4.69, 9.17) is 9.97 Å². The van der Waals surface area contributed by atoms with Gasteiger partial charge in [0.25, 0.3) is 0 Å². The monoisotopic (exact) mass is 660 g/mol. The normalized spacial score (nSPS) is 12.2. The molecule has 4 heteroatoms. The van der Waals surface area contributed by atoms with Gasteiger partial charge in [0.15, 0.2) is 5.82 Å². The summed E-state index contributed by atoms with van der Waals surface area (Å²) in [7, 11) is 0. The average molecular weight is 661 g/mol. The maximum atomic E-state index is 5.57. The van der Waals surface area contributed by atoms with Gasteiger partial charge >= 0.3 is 0 Å². The number of para-hydroxylation sites is 2. The summed E-state index contributed by atoms with van der Waals surface area (Å²) in [4.78, 5) is 11.1. The van der Waals surface area contributed by atoms with Crippen molar-refractivity contribution < 1.29 is 0 Å². The van der Waals surface area contributed by atoms with Crippen LogP contribution in [0.1, 0.15) is 0 Å². The van der Waals surface area contributed by atoms with Gasteiger partial charge in [-0.25, -0.2) is 9.97 Å². The number of nitrogens with zero attached hydrogens (tertiary/aromatic N) is 4. The Morgan fingerprint density at radius 1 is 0.365 bits per heavy atom. The highest BCUT2D eigenvalue weighted by Gasteiger charge is 2.24. The first-order valence-corrected chi connectivity index (χ1v) is 17.8. The van der Waals surface area contributed by atoms with Crippen LogP contribution in [0.4, 0.5) is 0 Å². The lowest BCUT2D eigenvalue weighted by molar-refractivity contribution is 1.08. The number of aromatic nitrogens is 4. The predicted molar refractivity (Wildman–Crippen MR) is 217 cm³/mol. The molecule has 0 aliphatic carbocycles. The summed E-state index contributed by atoms with van der Waals surface area (Å²) in [6.45, 7) is 0. The van der Waals surface area contributed by atoms with Crippen LogP contribution in [-0.2, 0) is 0 Å². The molecule has 240 valence electrons. The maximum Gasteiger partial charge on any atom is 0.165 e. The molecule has 12 aromatic rings. The largest absolute Gasteiger partial charge is 0.308 e. The van der Waals surface area contributed by atoms with E-state index in [0.29, 0.717) is 0 Å². The molecule has 0 saturated carbocycles. The van der Waals surface area contributed by atoms with E-state index in [1.165, 1.54) is 65.4 Å². The Balaban J connectivity index is 1.25. The van der Waals surface area contributed by atoms with E-state index in [1.54, 1.807) is 0 Å². The highest BCUT2D eigenvalue weighted by atomic mass is 15.1. The van der Waals surface area contributed by atoms with E-state index in [9.17, 15) is 0 Å².